The van der Waals surface area contributed by atoms with Crippen LogP contribution in [0.3, 0.4) is 0 Å². The molecule has 1 saturated heterocycles. The average molecular weight is 341 g/mol. The van der Waals surface area contributed by atoms with E-state index < -0.39 is 4.92 Å². The number of likely N-dealkylation sites (tertiary alicyclic amines) is 1. The number of nitro groups is 1. The van der Waals surface area contributed by atoms with E-state index in [9.17, 15) is 10.1 Å². The average Bonchev–Trinajstić information content (AvgIpc) is 3.16. The normalized spacial score (nSPS) is 26.7. The quantitative estimate of drug-likeness (QED) is 0.674. The molecule has 2 atom stereocenters. The van der Waals surface area contributed by atoms with Gasteiger partial charge in [0.1, 0.15) is 12.0 Å². The van der Waals surface area contributed by atoms with Gasteiger partial charge in [-0.15, -0.1) is 0 Å². The smallest absolute Gasteiger partial charge is 0.288 e. The summed E-state index contributed by atoms with van der Waals surface area (Å²) in [6.45, 7) is 3.29. The second-order valence-corrected chi connectivity index (χ2v) is 6.49. The molecule has 2 unspecified atom stereocenters. The Bertz CT molecular complexity index is 535. The van der Waals surface area contributed by atoms with Crippen molar-refractivity contribution in [1.82, 2.24) is 9.88 Å². The minimum Gasteiger partial charge on any atom is -0.365 e. The van der Waals surface area contributed by atoms with Crippen LogP contribution < -0.4 is 5.32 Å². The fraction of sp³-hybridized carbons (Fsp3) is 0.615. The molecule has 0 amide bonds. The van der Waals surface area contributed by atoms with Crippen LogP contribution in [0.25, 0.3) is 0 Å². The van der Waals surface area contributed by atoms with Crippen molar-refractivity contribution < 1.29 is 4.92 Å². The summed E-state index contributed by atoms with van der Waals surface area (Å²) in [5.41, 5.74) is 0.00169. The third kappa shape index (κ3) is 2.78. The minimum absolute atomic E-state index is 0.00169. The number of hydrogen-bond donors (Lipinski definition) is 1. The minimum atomic E-state index is -0.436. The topological polar surface area (TPSA) is 71.3 Å². The first-order valence-electron chi connectivity index (χ1n) is 6.87. The fourth-order valence-corrected chi connectivity index (χ4v) is 3.35. The molecule has 7 heteroatoms. The third-order valence-electron chi connectivity index (χ3n) is 4.02. The maximum absolute atomic E-state index is 10.7. The summed E-state index contributed by atoms with van der Waals surface area (Å²) in [5, 5.41) is 14.1. The van der Waals surface area contributed by atoms with Crippen LogP contribution in [0.5, 0.6) is 0 Å². The summed E-state index contributed by atoms with van der Waals surface area (Å²) in [6, 6.07) is 3.21. The van der Waals surface area contributed by atoms with Gasteiger partial charge in [0.25, 0.3) is 5.69 Å². The number of aromatic nitrogens is 1. The van der Waals surface area contributed by atoms with Crippen LogP contribution in [0, 0.1) is 10.1 Å². The van der Waals surface area contributed by atoms with Crippen LogP contribution in [0.4, 0.5) is 11.5 Å². The number of halogens is 1. The molecule has 1 aromatic rings. The van der Waals surface area contributed by atoms with Gasteiger partial charge < -0.3 is 5.32 Å². The Hall–Kier alpha value is -1.21. The van der Waals surface area contributed by atoms with E-state index in [0.29, 0.717) is 22.4 Å². The molecule has 0 aromatic carbocycles. The molecule has 20 heavy (non-hydrogen) atoms. The predicted octanol–water partition coefficient (Wildman–Crippen LogP) is 2.79. The van der Waals surface area contributed by atoms with Crippen LogP contribution in [0.1, 0.15) is 26.2 Å². The molecule has 3 rings (SSSR count). The molecular weight excluding hydrogens is 324 g/mol. The second-order valence-electron chi connectivity index (χ2n) is 5.64. The summed E-state index contributed by atoms with van der Waals surface area (Å²) in [7, 11) is 0. The zero-order valence-corrected chi connectivity index (χ0v) is 12.8. The van der Waals surface area contributed by atoms with Crippen LogP contribution in [-0.2, 0) is 0 Å². The fourth-order valence-electron chi connectivity index (χ4n) is 2.90. The van der Waals surface area contributed by atoms with Crippen molar-refractivity contribution in [2.24, 2.45) is 0 Å². The maximum Gasteiger partial charge on any atom is 0.288 e. The van der Waals surface area contributed by atoms with E-state index >= 15 is 0 Å². The largest absolute Gasteiger partial charge is 0.365 e. The van der Waals surface area contributed by atoms with E-state index in [-0.39, 0.29) is 5.69 Å². The van der Waals surface area contributed by atoms with Gasteiger partial charge in [-0.3, -0.25) is 15.0 Å². The Morgan fingerprint density at radius 1 is 1.55 bits per heavy atom. The van der Waals surface area contributed by atoms with Crippen molar-refractivity contribution in [1.29, 1.82) is 0 Å². The molecule has 2 heterocycles. The summed E-state index contributed by atoms with van der Waals surface area (Å²) in [6.07, 6.45) is 5.01. The molecule has 1 saturated carbocycles. The summed E-state index contributed by atoms with van der Waals surface area (Å²) in [5.74, 6) is 0.686. The van der Waals surface area contributed by atoms with E-state index in [4.69, 9.17) is 0 Å². The van der Waals surface area contributed by atoms with Gasteiger partial charge in [0, 0.05) is 30.7 Å². The predicted molar refractivity (Wildman–Crippen MR) is 79.8 cm³/mol. The van der Waals surface area contributed by atoms with Crippen LogP contribution >= 0.6 is 15.9 Å². The van der Waals surface area contributed by atoms with Crippen LogP contribution in [-0.4, -0.2) is 39.5 Å². The lowest BCUT2D eigenvalue weighted by atomic mass is 10.2. The van der Waals surface area contributed by atoms with Gasteiger partial charge in [-0.05, 0) is 42.1 Å². The molecule has 1 aliphatic carbocycles. The number of pyridine rings is 1. The number of hydrogen-bond acceptors (Lipinski definition) is 5. The van der Waals surface area contributed by atoms with Gasteiger partial charge >= 0.3 is 0 Å². The van der Waals surface area contributed by atoms with Gasteiger partial charge in [-0.1, -0.05) is 0 Å². The molecule has 108 valence electrons. The first kappa shape index (κ1) is 13.8. The Balaban J connectivity index is 1.67. The lowest BCUT2D eigenvalue weighted by molar-refractivity contribution is -0.385. The van der Waals surface area contributed by atoms with Gasteiger partial charge in [0.15, 0.2) is 0 Å². The number of rotatable bonds is 4. The molecule has 0 bridgehead atoms. The summed E-state index contributed by atoms with van der Waals surface area (Å²) in [4.78, 5) is 17.0. The van der Waals surface area contributed by atoms with Crippen LogP contribution in [0.2, 0.25) is 0 Å². The number of anilines is 1. The molecule has 0 radical (unpaired) electrons. The van der Waals surface area contributed by atoms with Crippen molar-refractivity contribution in [2.45, 2.75) is 44.3 Å². The lowest BCUT2D eigenvalue weighted by Crippen LogP contribution is -2.31. The molecule has 2 fully saturated rings. The van der Waals surface area contributed by atoms with Gasteiger partial charge in [-0.25, -0.2) is 4.98 Å². The highest BCUT2D eigenvalue weighted by atomic mass is 79.9. The Morgan fingerprint density at radius 3 is 2.90 bits per heavy atom. The SMILES string of the molecule is CC1CC(Nc2ncc([N+](=O)[O-])cc2Br)CN1C1CC1. The molecule has 6 nitrogen and oxygen atoms in total. The first-order valence-corrected chi connectivity index (χ1v) is 7.66. The van der Waals surface area contributed by atoms with Crippen molar-refractivity contribution in [3.63, 3.8) is 0 Å². The second kappa shape index (κ2) is 5.29. The first-order chi connectivity index (χ1) is 9.54. The monoisotopic (exact) mass is 340 g/mol. The Morgan fingerprint density at radius 2 is 2.30 bits per heavy atom. The Kier molecular flexibility index (Phi) is 3.64. The van der Waals surface area contributed by atoms with Gasteiger partial charge in [-0.2, -0.15) is 0 Å². The number of nitrogens with one attached hydrogen (secondary N) is 1. The molecule has 0 spiro atoms. The van der Waals surface area contributed by atoms with Crippen LogP contribution in [0.15, 0.2) is 16.7 Å². The standard InChI is InChI=1S/C13H17BrN4O2/c1-8-4-9(7-17(8)10-2-3-10)16-13-12(14)5-11(6-15-13)18(19)20/h5-6,8-10H,2-4,7H2,1H3,(H,15,16). The van der Waals surface area contributed by atoms with E-state index in [1.54, 1.807) is 0 Å². The summed E-state index contributed by atoms with van der Waals surface area (Å²) >= 11 is 3.35. The van der Waals surface area contributed by atoms with E-state index in [2.05, 4.69) is 38.1 Å². The highest BCUT2D eigenvalue weighted by molar-refractivity contribution is 9.10. The van der Waals surface area contributed by atoms with Gasteiger partial charge in [0.05, 0.1) is 9.40 Å². The highest BCUT2D eigenvalue weighted by Crippen LogP contribution is 2.34. The van der Waals surface area contributed by atoms with E-state index in [1.165, 1.54) is 25.1 Å². The zero-order chi connectivity index (χ0) is 14.3. The molecule has 1 N–H and O–H groups in total. The molecule has 1 aliphatic heterocycles. The van der Waals surface area contributed by atoms with Crippen molar-refractivity contribution >= 4 is 27.4 Å². The molecule has 2 aliphatic rings. The Labute approximate surface area is 125 Å². The van der Waals surface area contributed by atoms with E-state index in [0.717, 1.165) is 19.0 Å². The lowest BCUT2D eigenvalue weighted by Gasteiger charge is -2.19. The van der Waals surface area contributed by atoms with Gasteiger partial charge in [0.2, 0.25) is 0 Å². The molecule has 1 aromatic heterocycles. The molecular formula is C13H17BrN4O2. The number of nitrogens with zero attached hydrogens (tertiary/aromatic N) is 3. The van der Waals surface area contributed by atoms with Crippen molar-refractivity contribution in [3.05, 3.63) is 26.9 Å². The highest BCUT2D eigenvalue weighted by Gasteiger charge is 2.38. The van der Waals surface area contributed by atoms with E-state index in [1.807, 2.05) is 0 Å². The zero-order valence-electron chi connectivity index (χ0n) is 11.3. The summed E-state index contributed by atoms with van der Waals surface area (Å²) < 4.78 is 0.643. The maximum atomic E-state index is 10.7. The third-order valence-corrected chi connectivity index (χ3v) is 4.62. The van der Waals surface area contributed by atoms with Crippen molar-refractivity contribution in [2.75, 3.05) is 11.9 Å². The van der Waals surface area contributed by atoms with Crippen molar-refractivity contribution in [3.8, 4) is 0 Å².